The van der Waals surface area contributed by atoms with E-state index in [-0.39, 0.29) is 11.4 Å². The van der Waals surface area contributed by atoms with Crippen molar-refractivity contribution in [2.45, 2.75) is 18.0 Å². The third-order valence-electron chi connectivity index (χ3n) is 5.45. The standard InChI is InChI=1S/C27H23N3O2S2/c31-34(32,30(24-15-8-3-9-16-24)20-23-13-6-2-7-14-23)26-21-29(19-22-11-4-1-5-12-22)28-27(26)25-17-10-18-33-25/h1-18,21H,19-20H2. The van der Waals surface area contributed by atoms with Crippen molar-refractivity contribution in [1.29, 1.82) is 0 Å². The number of aromatic nitrogens is 2. The molecule has 170 valence electrons. The lowest BCUT2D eigenvalue weighted by atomic mass is 10.2. The van der Waals surface area contributed by atoms with Gasteiger partial charge in [-0.2, -0.15) is 5.10 Å². The lowest BCUT2D eigenvalue weighted by molar-refractivity contribution is 0.590. The molecule has 0 bridgehead atoms. The second kappa shape index (κ2) is 9.67. The molecular weight excluding hydrogens is 462 g/mol. The number of hydrogen-bond acceptors (Lipinski definition) is 4. The molecule has 0 N–H and O–H groups in total. The Hall–Kier alpha value is -3.68. The van der Waals surface area contributed by atoms with Crippen molar-refractivity contribution in [2.24, 2.45) is 0 Å². The predicted octanol–water partition coefficient (Wildman–Crippen LogP) is 6.06. The van der Waals surface area contributed by atoms with Crippen LogP contribution in [0.1, 0.15) is 11.1 Å². The first-order chi connectivity index (χ1) is 16.6. The Kier molecular flexibility index (Phi) is 6.29. The molecule has 0 saturated heterocycles. The maximum atomic E-state index is 14.2. The molecular formula is C27H23N3O2S2. The van der Waals surface area contributed by atoms with Crippen LogP contribution in [0.4, 0.5) is 5.69 Å². The van der Waals surface area contributed by atoms with Crippen LogP contribution in [0.2, 0.25) is 0 Å². The van der Waals surface area contributed by atoms with E-state index in [2.05, 4.69) is 0 Å². The molecule has 5 nitrogen and oxygen atoms in total. The Morgan fingerprint density at radius 2 is 1.38 bits per heavy atom. The second-order valence-electron chi connectivity index (χ2n) is 7.84. The summed E-state index contributed by atoms with van der Waals surface area (Å²) in [5.41, 5.74) is 3.04. The van der Waals surface area contributed by atoms with Gasteiger partial charge in [0.05, 0.1) is 23.7 Å². The zero-order valence-corrected chi connectivity index (χ0v) is 20.0. The molecule has 0 aliphatic rings. The minimum atomic E-state index is -3.92. The van der Waals surface area contributed by atoms with Crippen molar-refractivity contribution >= 4 is 27.0 Å². The maximum Gasteiger partial charge on any atom is 0.268 e. The first kappa shape index (κ1) is 22.1. The van der Waals surface area contributed by atoms with Crippen molar-refractivity contribution in [3.63, 3.8) is 0 Å². The van der Waals surface area contributed by atoms with Gasteiger partial charge in [-0.15, -0.1) is 11.3 Å². The average molecular weight is 486 g/mol. The molecule has 0 saturated carbocycles. The lowest BCUT2D eigenvalue weighted by Crippen LogP contribution is -2.30. The van der Waals surface area contributed by atoms with Crippen molar-refractivity contribution < 1.29 is 8.42 Å². The Morgan fingerprint density at radius 1 is 0.765 bits per heavy atom. The topological polar surface area (TPSA) is 55.2 Å². The minimum absolute atomic E-state index is 0.200. The maximum absolute atomic E-state index is 14.2. The van der Waals surface area contributed by atoms with E-state index in [1.807, 2.05) is 109 Å². The quantitative estimate of drug-likeness (QED) is 0.269. The van der Waals surface area contributed by atoms with E-state index >= 15 is 0 Å². The van der Waals surface area contributed by atoms with Crippen LogP contribution in [0.25, 0.3) is 10.6 Å². The van der Waals surface area contributed by atoms with Crippen LogP contribution < -0.4 is 4.31 Å². The summed E-state index contributed by atoms with van der Waals surface area (Å²) in [6.07, 6.45) is 1.65. The molecule has 5 aromatic rings. The van der Waals surface area contributed by atoms with Gasteiger partial charge in [0.15, 0.2) is 0 Å². The number of rotatable bonds is 8. The minimum Gasteiger partial charge on any atom is -0.266 e. The zero-order chi connectivity index (χ0) is 23.4. The molecule has 2 aromatic heterocycles. The van der Waals surface area contributed by atoms with Gasteiger partial charge in [0.1, 0.15) is 10.6 Å². The lowest BCUT2D eigenvalue weighted by Gasteiger charge is -2.24. The van der Waals surface area contributed by atoms with Crippen LogP contribution in [0.3, 0.4) is 0 Å². The second-order valence-corrected chi connectivity index (χ2v) is 10.6. The van der Waals surface area contributed by atoms with Crippen molar-refractivity contribution in [3.05, 3.63) is 126 Å². The van der Waals surface area contributed by atoms with Crippen molar-refractivity contribution in [3.8, 4) is 10.6 Å². The van der Waals surface area contributed by atoms with E-state index in [4.69, 9.17) is 5.10 Å². The molecule has 0 aliphatic heterocycles. The molecule has 0 atom stereocenters. The molecule has 7 heteroatoms. The molecule has 0 fully saturated rings. The van der Waals surface area contributed by atoms with Crippen LogP contribution in [-0.2, 0) is 23.1 Å². The summed E-state index contributed by atoms with van der Waals surface area (Å²) < 4.78 is 31.6. The Balaban J connectivity index is 1.61. The van der Waals surface area contributed by atoms with Crippen molar-refractivity contribution in [2.75, 3.05) is 4.31 Å². The van der Waals surface area contributed by atoms with Gasteiger partial charge in [0.25, 0.3) is 10.0 Å². The monoisotopic (exact) mass is 485 g/mol. The van der Waals surface area contributed by atoms with Crippen LogP contribution in [0.15, 0.2) is 120 Å². The van der Waals surface area contributed by atoms with Gasteiger partial charge >= 0.3 is 0 Å². The highest BCUT2D eigenvalue weighted by Gasteiger charge is 2.31. The van der Waals surface area contributed by atoms with Gasteiger partial charge in [0, 0.05) is 6.20 Å². The van der Waals surface area contributed by atoms with Crippen LogP contribution in [0.5, 0.6) is 0 Å². The number of benzene rings is 3. The van der Waals surface area contributed by atoms with E-state index < -0.39 is 10.0 Å². The number of sulfonamides is 1. The fraction of sp³-hybridized carbons (Fsp3) is 0.0741. The van der Waals surface area contributed by atoms with E-state index in [1.165, 1.54) is 15.6 Å². The van der Waals surface area contributed by atoms with Gasteiger partial charge in [-0.25, -0.2) is 8.42 Å². The summed E-state index contributed by atoms with van der Waals surface area (Å²) in [5, 5.41) is 6.65. The normalized spacial score (nSPS) is 11.4. The Labute approximate surface area is 203 Å². The van der Waals surface area contributed by atoms with E-state index in [0.717, 1.165) is 16.0 Å². The summed E-state index contributed by atoms with van der Waals surface area (Å²) in [7, 11) is -3.92. The van der Waals surface area contributed by atoms with Gasteiger partial charge in [-0.1, -0.05) is 84.9 Å². The average Bonchev–Trinajstić information content (AvgIpc) is 3.55. The number of hydrogen-bond donors (Lipinski definition) is 0. The first-order valence-electron chi connectivity index (χ1n) is 10.9. The zero-order valence-electron chi connectivity index (χ0n) is 18.4. The smallest absolute Gasteiger partial charge is 0.266 e. The molecule has 0 aliphatic carbocycles. The summed E-state index contributed by atoms with van der Waals surface area (Å²) >= 11 is 1.48. The van der Waals surface area contributed by atoms with E-state index in [9.17, 15) is 8.42 Å². The molecule has 0 radical (unpaired) electrons. The Bertz CT molecular complexity index is 1450. The van der Waals surface area contributed by atoms with Gasteiger partial charge in [-0.05, 0) is 34.7 Å². The van der Waals surface area contributed by atoms with Gasteiger partial charge in [0.2, 0.25) is 0 Å². The Morgan fingerprint density at radius 3 is 2.00 bits per heavy atom. The number of nitrogens with zero attached hydrogens (tertiary/aromatic N) is 3. The third kappa shape index (κ3) is 4.66. The molecule has 34 heavy (non-hydrogen) atoms. The van der Waals surface area contributed by atoms with E-state index in [0.29, 0.717) is 17.9 Å². The highest BCUT2D eigenvalue weighted by atomic mass is 32.2. The fourth-order valence-electron chi connectivity index (χ4n) is 3.80. The summed E-state index contributed by atoms with van der Waals surface area (Å²) in [6.45, 7) is 0.708. The number of para-hydroxylation sites is 1. The molecule has 0 spiro atoms. The fourth-order valence-corrected chi connectivity index (χ4v) is 6.20. The molecule has 3 aromatic carbocycles. The third-order valence-corrected chi connectivity index (χ3v) is 8.10. The highest BCUT2D eigenvalue weighted by molar-refractivity contribution is 7.93. The first-order valence-corrected chi connectivity index (χ1v) is 13.2. The largest absolute Gasteiger partial charge is 0.268 e. The van der Waals surface area contributed by atoms with Crippen LogP contribution >= 0.6 is 11.3 Å². The van der Waals surface area contributed by atoms with Crippen LogP contribution in [-0.4, -0.2) is 18.2 Å². The van der Waals surface area contributed by atoms with Crippen LogP contribution in [0, 0.1) is 0 Å². The summed E-state index contributed by atoms with van der Waals surface area (Å²) in [4.78, 5) is 1.02. The predicted molar refractivity (Wildman–Crippen MR) is 137 cm³/mol. The van der Waals surface area contributed by atoms with Crippen molar-refractivity contribution in [1.82, 2.24) is 9.78 Å². The molecule has 0 unspecified atom stereocenters. The summed E-state index contributed by atoms with van der Waals surface area (Å²) in [6, 6.07) is 32.6. The van der Waals surface area contributed by atoms with Gasteiger partial charge < -0.3 is 0 Å². The number of thiophene rings is 1. The molecule has 0 amide bonds. The molecule has 5 rings (SSSR count). The highest BCUT2D eigenvalue weighted by Crippen LogP contribution is 2.34. The SMILES string of the molecule is O=S(=O)(c1cn(Cc2ccccc2)nc1-c1cccs1)N(Cc1ccccc1)c1ccccc1. The number of anilines is 1. The van der Waals surface area contributed by atoms with Gasteiger partial charge in [-0.3, -0.25) is 8.99 Å². The molecule has 2 heterocycles. The van der Waals surface area contributed by atoms with E-state index in [1.54, 1.807) is 10.9 Å². The summed E-state index contributed by atoms with van der Waals surface area (Å²) in [5.74, 6) is 0.